The Kier molecular flexibility index (Phi) is 7.74. The van der Waals surface area contributed by atoms with Crippen LogP contribution in [0, 0.1) is 6.92 Å². The minimum Gasteiger partial charge on any atom is -0.409 e. The first kappa shape index (κ1) is 17.4. The molecule has 1 rings (SSSR count). The Labute approximate surface area is 126 Å². The second kappa shape index (κ2) is 9.33. The predicted molar refractivity (Wildman–Crippen MR) is 84.8 cm³/mol. The van der Waals surface area contributed by atoms with Gasteiger partial charge in [0, 0.05) is 25.2 Å². The van der Waals surface area contributed by atoms with Gasteiger partial charge in [-0.3, -0.25) is 0 Å². The van der Waals surface area contributed by atoms with Gasteiger partial charge < -0.3 is 25.9 Å². The summed E-state index contributed by atoms with van der Waals surface area (Å²) in [5, 5.41) is 15.0. The predicted octanol–water partition coefficient (Wildman–Crippen LogP) is 0.757. The summed E-state index contributed by atoms with van der Waals surface area (Å²) in [7, 11) is 4.06. The van der Waals surface area contributed by atoms with Crippen LogP contribution in [0.4, 0.5) is 0 Å². The number of rotatable bonds is 9. The molecule has 6 heteroatoms. The van der Waals surface area contributed by atoms with Crippen molar-refractivity contribution in [1.82, 2.24) is 10.2 Å². The molecule has 21 heavy (non-hydrogen) atoms. The maximum Gasteiger partial charge on any atom is 0.170 e. The van der Waals surface area contributed by atoms with Crippen molar-refractivity contribution in [2.75, 3.05) is 40.4 Å². The van der Waals surface area contributed by atoms with Gasteiger partial charge in [-0.25, -0.2) is 0 Å². The maximum absolute atomic E-state index is 8.66. The zero-order valence-electron chi connectivity index (χ0n) is 13.1. The smallest absolute Gasteiger partial charge is 0.170 e. The van der Waals surface area contributed by atoms with Crippen LogP contribution in [0.1, 0.15) is 16.7 Å². The van der Waals surface area contributed by atoms with Crippen molar-refractivity contribution >= 4 is 5.84 Å². The molecule has 0 aliphatic rings. The van der Waals surface area contributed by atoms with E-state index in [1.54, 1.807) is 0 Å². The third-order valence-corrected chi connectivity index (χ3v) is 3.17. The van der Waals surface area contributed by atoms with Crippen LogP contribution in [-0.2, 0) is 11.3 Å². The Balaban J connectivity index is 2.30. The topological polar surface area (TPSA) is 83.1 Å². The van der Waals surface area contributed by atoms with Crippen molar-refractivity contribution in [3.63, 3.8) is 0 Å². The molecule has 6 nitrogen and oxygen atoms in total. The van der Waals surface area contributed by atoms with E-state index in [1.165, 1.54) is 5.56 Å². The van der Waals surface area contributed by atoms with E-state index in [0.717, 1.165) is 37.4 Å². The van der Waals surface area contributed by atoms with E-state index < -0.39 is 0 Å². The number of nitrogens with zero attached hydrogens (tertiary/aromatic N) is 2. The van der Waals surface area contributed by atoms with Crippen LogP contribution in [0.5, 0.6) is 0 Å². The van der Waals surface area contributed by atoms with Crippen LogP contribution >= 0.6 is 0 Å². The minimum absolute atomic E-state index is 0.131. The second-order valence-corrected chi connectivity index (χ2v) is 5.22. The fourth-order valence-electron chi connectivity index (χ4n) is 1.83. The number of nitrogens with one attached hydrogen (secondary N) is 1. The number of hydrogen-bond acceptors (Lipinski definition) is 5. The van der Waals surface area contributed by atoms with Crippen molar-refractivity contribution < 1.29 is 9.94 Å². The summed E-state index contributed by atoms with van der Waals surface area (Å²) in [5.41, 5.74) is 8.60. The molecule has 1 aromatic carbocycles. The van der Waals surface area contributed by atoms with Gasteiger partial charge in [0.1, 0.15) is 0 Å². The van der Waals surface area contributed by atoms with Crippen LogP contribution in [0.2, 0.25) is 0 Å². The van der Waals surface area contributed by atoms with Gasteiger partial charge in [-0.15, -0.1) is 0 Å². The number of amidine groups is 1. The van der Waals surface area contributed by atoms with Crippen LogP contribution in [0.3, 0.4) is 0 Å². The van der Waals surface area contributed by atoms with Gasteiger partial charge in [0.25, 0.3) is 0 Å². The van der Waals surface area contributed by atoms with E-state index in [9.17, 15) is 0 Å². The lowest BCUT2D eigenvalue weighted by Crippen LogP contribution is -2.23. The summed E-state index contributed by atoms with van der Waals surface area (Å²) >= 11 is 0. The highest BCUT2D eigenvalue weighted by molar-refractivity contribution is 5.97. The first-order valence-corrected chi connectivity index (χ1v) is 7.05. The van der Waals surface area contributed by atoms with Crippen LogP contribution in [0.25, 0.3) is 0 Å². The summed E-state index contributed by atoms with van der Waals surface area (Å²) in [6.45, 7) is 6.00. The molecule has 0 amide bonds. The zero-order chi connectivity index (χ0) is 15.7. The molecule has 0 spiro atoms. The van der Waals surface area contributed by atoms with E-state index in [1.807, 2.05) is 39.2 Å². The second-order valence-electron chi connectivity index (χ2n) is 5.22. The first-order chi connectivity index (χ1) is 10.0. The number of ether oxygens (including phenoxy) is 1. The van der Waals surface area contributed by atoms with Crippen LogP contribution in [-0.4, -0.2) is 56.3 Å². The molecule has 0 aliphatic carbocycles. The van der Waals surface area contributed by atoms with E-state index >= 15 is 0 Å². The van der Waals surface area contributed by atoms with Crippen molar-refractivity contribution in [3.05, 3.63) is 34.9 Å². The van der Waals surface area contributed by atoms with Crippen molar-refractivity contribution in [2.24, 2.45) is 10.9 Å². The van der Waals surface area contributed by atoms with Gasteiger partial charge in [0.2, 0.25) is 0 Å². The first-order valence-electron chi connectivity index (χ1n) is 7.05. The Hall–Kier alpha value is -1.63. The van der Waals surface area contributed by atoms with E-state index in [-0.39, 0.29) is 5.84 Å². The highest BCUT2D eigenvalue weighted by Crippen LogP contribution is 2.10. The van der Waals surface area contributed by atoms with Crippen molar-refractivity contribution in [3.8, 4) is 0 Å². The van der Waals surface area contributed by atoms with Crippen molar-refractivity contribution in [2.45, 2.75) is 13.5 Å². The van der Waals surface area contributed by atoms with Crippen molar-refractivity contribution in [1.29, 1.82) is 0 Å². The number of nitrogens with two attached hydrogens (primary N) is 1. The fraction of sp³-hybridized carbons (Fsp3) is 0.533. The third-order valence-electron chi connectivity index (χ3n) is 3.17. The highest BCUT2D eigenvalue weighted by atomic mass is 16.5. The Morgan fingerprint density at radius 3 is 2.76 bits per heavy atom. The number of hydrogen-bond donors (Lipinski definition) is 3. The molecule has 0 aromatic heterocycles. The molecule has 0 unspecified atom stereocenters. The lowest BCUT2D eigenvalue weighted by molar-refractivity contribution is 0.119. The summed E-state index contributed by atoms with van der Waals surface area (Å²) in [6.07, 6.45) is 0. The average Bonchev–Trinajstić information content (AvgIpc) is 2.46. The van der Waals surface area contributed by atoms with Gasteiger partial charge in [-0.05, 0) is 38.2 Å². The molecule has 0 saturated heterocycles. The summed E-state index contributed by atoms with van der Waals surface area (Å²) in [4.78, 5) is 2.10. The van der Waals surface area contributed by atoms with Gasteiger partial charge >= 0.3 is 0 Å². The standard InChI is InChI=1S/C15H26N4O2/c1-12-10-13(15(16)18-20)4-5-14(12)11-17-6-8-21-9-7-19(2)3/h4-5,10,17,20H,6-9,11H2,1-3H3,(H2,16,18). The molecule has 1 aromatic rings. The zero-order valence-corrected chi connectivity index (χ0v) is 13.1. The lowest BCUT2D eigenvalue weighted by Gasteiger charge is -2.11. The SMILES string of the molecule is Cc1cc(/C(N)=N/O)ccc1CNCCOCCN(C)C. The van der Waals surface area contributed by atoms with Gasteiger partial charge in [-0.2, -0.15) is 0 Å². The quantitative estimate of drug-likeness (QED) is 0.206. The van der Waals surface area contributed by atoms with Crippen LogP contribution in [0.15, 0.2) is 23.4 Å². The number of likely N-dealkylation sites (N-methyl/N-ethyl adjacent to an activating group) is 1. The molecule has 0 bridgehead atoms. The summed E-state index contributed by atoms with van der Waals surface area (Å²) < 4.78 is 5.51. The van der Waals surface area contributed by atoms with Gasteiger partial charge in [-0.1, -0.05) is 17.3 Å². The molecular weight excluding hydrogens is 268 g/mol. The molecule has 0 fully saturated rings. The summed E-state index contributed by atoms with van der Waals surface area (Å²) in [5.74, 6) is 0.131. The Bertz CT molecular complexity index is 461. The van der Waals surface area contributed by atoms with Gasteiger partial charge in [0.05, 0.1) is 13.2 Å². The third kappa shape index (κ3) is 6.57. The van der Waals surface area contributed by atoms with E-state index in [2.05, 4.69) is 15.4 Å². The lowest BCUT2D eigenvalue weighted by atomic mass is 10.0. The molecule has 0 aliphatic heterocycles. The maximum atomic E-state index is 8.66. The average molecular weight is 294 g/mol. The number of oxime groups is 1. The number of aryl methyl sites for hydroxylation is 1. The number of benzene rings is 1. The normalized spacial score (nSPS) is 12.1. The van der Waals surface area contributed by atoms with E-state index in [0.29, 0.717) is 6.61 Å². The highest BCUT2D eigenvalue weighted by Gasteiger charge is 2.03. The van der Waals surface area contributed by atoms with E-state index in [4.69, 9.17) is 15.7 Å². The largest absolute Gasteiger partial charge is 0.409 e. The monoisotopic (exact) mass is 294 g/mol. The molecule has 0 saturated carbocycles. The van der Waals surface area contributed by atoms with Crippen LogP contribution < -0.4 is 11.1 Å². The Morgan fingerprint density at radius 2 is 2.14 bits per heavy atom. The molecule has 0 atom stereocenters. The molecule has 0 radical (unpaired) electrons. The fourth-order valence-corrected chi connectivity index (χ4v) is 1.83. The molecular formula is C15H26N4O2. The minimum atomic E-state index is 0.131. The molecule has 0 heterocycles. The molecule has 4 N–H and O–H groups in total. The molecule has 118 valence electrons. The summed E-state index contributed by atoms with van der Waals surface area (Å²) in [6, 6.07) is 5.76. The Morgan fingerprint density at radius 1 is 1.38 bits per heavy atom. The van der Waals surface area contributed by atoms with Gasteiger partial charge in [0.15, 0.2) is 5.84 Å².